The Morgan fingerprint density at radius 2 is 1.76 bits per heavy atom. The molecule has 0 radical (unpaired) electrons. The first-order valence-electron chi connectivity index (χ1n) is 14.3. The van der Waals surface area contributed by atoms with Gasteiger partial charge in [0, 0.05) is 32.0 Å². The maximum atomic E-state index is 17.7. The Labute approximate surface area is 272 Å². The van der Waals surface area contributed by atoms with Crippen LogP contribution in [0.25, 0.3) is 10.9 Å². The van der Waals surface area contributed by atoms with Gasteiger partial charge in [-0.25, -0.2) is 12.8 Å². The number of ether oxygens (including phenoxy) is 1. The zero-order valence-corrected chi connectivity index (χ0v) is 26.9. The first-order chi connectivity index (χ1) is 21.7. The number of H-pyrrole nitrogens is 1. The number of fused-ring (bicyclic) bond motifs is 3. The number of hydrogen-bond acceptors (Lipinski definition) is 6. The van der Waals surface area contributed by atoms with E-state index >= 15 is 4.39 Å². The molecule has 0 amide bonds. The number of hydrogen-bond donors (Lipinski definition) is 1. The molecule has 6 aromatic rings. The molecule has 0 bridgehead atoms. The normalized spacial score (nSPS) is 16.0. The lowest BCUT2D eigenvalue weighted by Gasteiger charge is -2.28. The van der Waals surface area contributed by atoms with Crippen LogP contribution >= 0.6 is 27.5 Å². The standard InChI is InChI=1S/C34H26BrClFN3O4S/c35-24-7-4-8-27(18-24)45(41,42)34(37,23-16-28-29-19-25(36)11-14-30(29)38-31(28)17-23)33-40-39-32(44-33)15-21-9-12-26(13-10-21)43-20-22-5-2-1-3-6-22/h1-14,18-19,23,38H,15-17,20H2. The van der Waals surface area contributed by atoms with Crippen molar-refractivity contribution < 1.29 is 22.0 Å². The van der Waals surface area contributed by atoms with Gasteiger partial charge in [0.05, 0.1) is 11.3 Å². The molecule has 45 heavy (non-hydrogen) atoms. The van der Waals surface area contributed by atoms with E-state index in [1.54, 1.807) is 24.3 Å². The van der Waals surface area contributed by atoms with Crippen molar-refractivity contribution in [3.63, 3.8) is 0 Å². The number of benzene rings is 4. The van der Waals surface area contributed by atoms with Crippen molar-refractivity contribution in [2.45, 2.75) is 35.8 Å². The van der Waals surface area contributed by atoms with Crippen LogP contribution in [-0.2, 0) is 40.7 Å². The van der Waals surface area contributed by atoms with Gasteiger partial charge in [0.25, 0.3) is 10.9 Å². The summed E-state index contributed by atoms with van der Waals surface area (Å²) < 4.78 is 58.3. The van der Waals surface area contributed by atoms with Crippen molar-refractivity contribution in [3.05, 3.63) is 141 Å². The van der Waals surface area contributed by atoms with Crippen LogP contribution < -0.4 is 4.74 Å². The monoisotopic (exact) mass is 705 g/mol. The number of halogens is 3. The van der Waals surface area contributed by atoms with Gasteiger partial charge in [-0.1, -0.05) is 76.1 Å². The lowest BCUT2D eigenvalue weighted by molar-refractivity contribution is 0.137. The molecule has 0 saturated heterocycles. The molecule has 0 spiro atoms. The van der Waals surface area contributed by atoms with E-state index in [1.807, 2.05) is 60.7 Å². The molecule has 2 atom stereocenters. The number of nitrogens with one attached hydrogen (secondary N) is 1. The summed E-state index contributed by atoms with van der Waals surface area (Å²) in [6, 6.07) is 28.6. The van der Waals surface area contributed by atoms with Crippen LogP contribution in [0.4, 0.5) is 4.39 Å². The van der Waals surface area contributed by atoms with Gasteiger partial charge in [-0.3, -0.25) is 0 Å². The van der Waals surface area contributed by atoms with E-state index in [2.05, 4.69) is 31.1 Å². The molecule has 2 unspecified atom stereocenters. The highest BCUT2D eigenvalue weighted by atomic mass is 79.9. The van der Waals surface area contributed by atoms with Gasteiger partial charge >= 0.3 is 0 Å². The Morgan fingerprint density at radius 1 is 0.956 bits per heavy atom. The Kier molecular flexibility index (Phi) is 7.75. The van der Waals surface area contributed by atoms with Gasteiger partial charge in [0.15, 0.2) is 0 Å². The second-order valence-electron chi connectivity index (χ2n) is 11.1. The van der Waals surface area contributed by atoms with Crippen molar-refractivity contribution in [1.29, 1.82) is 0 Å². The van der Waals surface area contributed by atoms with Gasteiger partial charge < -0.3 is 14.1 Å². The minimum Gasteiger partial charge on any atom is -0.489 e. The minimum atomic E-state index is -4.66. The van der Waals surface area contributed by atoms with Crippen LogP contribution in [0.3, 0.4) is 0 Å². The Hall–Kier alpha value is -3.99. The molecule has 1 aliphatic carbocycles. The fraction of sp³-hybridized carbons (Fsp3) is 0.176. The van der Waals surface area contributed by atoms with E-state index in [1.165, 1.54) is 12.1 Å². The summed E-state index contributed by atoms with van der Waals surface area (Å²) in [5.74, 6) is -0.823. The highest BCUT2D eigenvalue weighted by molar-refractivity contribution is 9.10. The Bertz CT molecular complexity index is 2120. The van der Waals surface area contributed by atoms with Crippen molar-refractivity contribution in [3.8, 4) is 5.75 Å². The average molecular weight is 707 g/mol. The summed E-state index contributed by atoms with van der Waals surface area (Å²) in [5.41, 5.74) is 4.32. The molecule has 1 aliphatic rings. The number of nitrogens with zero attached hydrogens (tertiary/aromatic N) is 2. The lowest BCUT2D eigenvalue weighted by Crippen LogP contribution is -2.40. The average Bonchev–Trinajstić information content (AvgIpc) is 3.77. The van der Waals surface area contributed by atoms with E-state index in [9.17, 15) is 8.42 Å². The summed E-state index contributed by atoms with van der Waals surface area (Å²) in [5, 5.41) is 6.47. The van der Waals surface area contributed by atoms with Gasteiger partial charge in [-0.15, -0.1) is 10.2 Å². The zero-order chi connectivity index (χ0) is 31.2. The molecule has 0 aliphatic heterocycles. The molecule has 0 saturated carbocycles. The Balaban J connectivity index is 1.18. The summed E-state index contributed by atoms with van der Waals surface area (Å²) in [7, 11) is -4.66. The van der Waals surface area contributed by atoms with E-state index in [-0.39, 0.29) is 30.0 Å². The SMILES string of the molecule is O=S(=O)(c1cccc(Br)c1)C(F)(c1nnc(Cc2ccc(OCc3ccccc3)cc2)o1)C1Cc2[nH]c3ccc(Cl)cc3c2C1. The highest BCUT2D eigenvalue weighted by Gasteiger charge is 2.59. The van der Waals surface area contributed by atoms with Crippen molar-refractivity contribution >= 4 is 48.3 Å². The van der Waals surface area contributed by atoms with Gasteiger partial charge in [0.2, 0.25) is 15.7 Å². The molecular formula is C34H26BrClFN3O4S. The van der Waals surface area contributed by atoms with Crippen LogP contribution in [0.2, 0.25) is 5.02 Å². The maximum Gasteiger partial charge on any atom is 0.294 e. The molecule has 11 heteroatoms. The largest absolute Gasteiger partial charge is 0.489 e. The minimum absolute atomic E-state index is 0.100. The fourth-order valence-corrected chi connectivity index (χ4v) is 8.43. The molecule has 228 valence electrons. The first kappa shape index (κ1) is 29.7. The van der Waals surface area contributed by atoms with Crippen molar-refractivity contribution in [2.75, 3.05) is 0 Å². The number of rotatable bonds is 9. The topological polar surface area (TPSA) is 98.1 Å². The van der Waals surface area contributed by atoms with Gasteiger partial charge in [-0.05, 0) is 78.1 Å². The number of alkyl halides is 1. The molecule has 0 fully saturated rings. The summed E-state index contributed by atoms with van der Waals surface area (Å²) in [6.07, 6.45) is 0.459. The smallest absolute Gasteiger partial charge is 0.294 e. The zero-order valence-electron chi connectivity index (χ0n) is 23.7. The molecular weight excluding hydrogens is 681 g/mol. The molecule has 7 rings (SSSR count). The molecule has 2 heterocycles. The van der Waals surface area contributed by atoms with Crippen LogP contribution in [0.5, 0.6) is 5.75 Å². The maximum absolute atomic E-state index is 17.7. The predicted molar refractivity (Wildman–Crippen MR) is 173 cm³/mol. The molecule has 1 N–H and O–H groups in total. The van der Waals surface area contributed by atoms with Gasteiger partial charge in [-0.2, -0.15) is 0 Å². The lowest BCUT2D eigenvalue weighted by atomic mass is 9.98. The van der Waals surface area contributed by atoms with Crippen molar-refractivity contribution in [2.24, 2.45) is 5.92 Å². The third kappa shape index (κ3) is 5.55. The van der Waals surface area contributed by atoms with Crippen LogP contribution in [-0.4, -0.2) is 23.6 Å². The van der Waals surface area contributed by atoms with E-state index in [0.717, 1.165) is 33.3 Å². The van der Waals surface area contributed by atoms with E-state index in [4.69, 9.17) is 20.8 Å². The summed E-state index contributed by atoms with van der Waals surface area (Å²) >= 11 is 9.57. The second-order valence-corrected chi connectivity index (χ2v) is 14.5. The number of aromatic amines is 1. The van der Waals surface area contributed by atoms with Crippen molar-refractivity contribution in [1.82, 2.24) is 15.2 Å². The van der Waals surface area contributed by atoms with Crippen LogP contribution in [0.1, 0.15) is 34.2 Å². The quantitative estimate of drug-likeness (QED) is 0.163. The third-order valence-corrected chi connectivity index (χ3v) is 11.1. The van der Waals surface area contributed by atoms with Crippen LogP contribution in [0, 0.1) is 5.92 Å². The van der Waals surface area contributed by atoms with E-state index < -0.39 is 26.6 Å². The second kappa shape index (κ2) is 11.7. The molecule has 4 aromatic carbocycles. The number of sulfone groups is 1. The molecule has 2 aromatic heterocycles. The predicted octanol–water partition coefficient (Wildman–Crippen LogP) is 8.15. The van der Waals surface area contributed by atoms with Gasteiger partial charge in [0.1, 0.15) is 12.4 Å². The summed E-state index contributed by atoms with van der Waals surface area (Å²) in [4.78, 5) is 3.13. The fourth-order valence-electron chi connectivity index (χ4n) is 5.91. The number of aromatic nitrogens is 3. The highest BCUT2D eigenvalue weighted by Crippen LogP contribution is 2.49. The first-order valence-corrected chi connectivity index (χ1v) is 16.9. The third-order valence-electron chi connectivity index (χ3n) is 8.17. The molecule has 7 nitrogen and oxygen atoms in total. The Morgan fingerprint density at radius 3 is 2.53 bits per heavy atom. The summed E-state index contributed by atoms with van der Waals surface area (Å²) in [6.45, 7) is 0.436. The van der Waals surface area contributed by atoms with E-state index in [0.29, 0.717) is 21.9 Å². The van der Waals surface area contributed by atoms with Crippen LogP contribution in [0.15, 0.2) is 111 Å².